The summed E-state index contributed by atoms with van der Waals surface area (Å²) in [5.74, 6) is 0. The first-order chi connectivity index (χ1) is 12.0. The van der Waals surface area contributed by atoms with Gasteiger partial charge in [-0.3, -0.25) is 0 Å². The zero-order valence-electron chi connectivity index (χ0n) is 15.6. The van der Waals surface area contributed by atoms with Gasteiger partial charge in [-0.1, -0.05) is 19.1 Å². The van der Waals surface area contributed by atoms with Gasteiger partial charge in [-0.15, -0.1) is 0 Å². The van der Waals surface area contributed by atoms with Crippen molar-refractivity contribution in [3.63, 3.8) is 0 Å². The van der Waals surface area contributed by atoms with Crippen LogP contribution in [0.3, 0.4) is 0 Å². The Bertz CT molecular complexity index is 970. The van der Waals surface area contributed by atoms with Crippen LogP contribution in [-0.2, 0) is 6.42 Å². The number of fused-ring (bicyclic) bond motifs is 3. The van der Waals surface area contributed by atoms with Gasteiger partial charge in [-0.25, -0.2) is 4.98 Å². The summed E-state index contributed by atoms with van der Waals surface area (Å²) in [6.45, 7) is 10.9. The van der Waals surface area contributed by atoms with Crippen molar-refractivity contribution < 1.29 is 4.42 Å². The summed E-state index contributed by atoms with van der Waals surface area (Å²) in [5, 5.41) is 2.22. The van der Waals surface area contributed by atoms with Gasteiger partial charge in [0.2, 0.25) is 5.71 Å². The van der Waals surface area contributed by atoms with Crippen molar-refractivity contribution in [1.29, 1.82) is 0 Å². The van der Waals surface area contributed by atoms with Gasteiger partial charge in [0.15, 0.2) is 5.58 Å². The van der Waals surface area contributed by atoms with E-state index in [4.69, 9.17) is 4.42 Å². The minimum absolute atomic E-state index is 0.261. The molecule has 0 aliphatic carbocycles. The van der Waals surface area contributed by atoms with E-state index in [0.29, 0.717) is 6.04 Å². The van der Waals surface area contributed by atoms with Gasteiger partial charge < -0.3 is 14.2 Å². The lowest BCUT2D eigenvalue weighted by molar-refractivity contribution is 0.263. The first-order valence-corrected chi connectivity index (χ1v) is 9.07. The van der Waals surface area contributed by atoms with Crippen LogP contribution in [0.1, 0.15) is 39.0 Å². The molecule has 25 heavy (non-hydrogen) atoms. The van der Waals surface area contributed by atoms with E-state index in [2.05, 4.69) is 86.1 Å². The number of rotatable bonds is 3. The minimum Gasteiger partial charge on any atom is -0.435 e. The Balaban J connectivity index is 1.92. The van der Waals surface area contributed by atoms with Crippen LogP contribution in [0.2, 0.25) is 0 Å². The predicted octanol–water partition coefficient (Wildman–Crippen LogP) is 5.20. The van der Waals surface area contributed by atoms with Crippen molar-refractivity contribution in [3.8, 4) is 0 Å². The SMILES string of the molecule is CCc1ccc2c(n1)oc1c(N3C=CN(C(C)C)[C@@H]3C)c(C)ccc12. The summed E-state index contributed by atoms with van der Waals surface area (Å²) in [5.41, 5.74) is 5.07. The second-order valence-electron chi connectivity index (χ2n) is 7.10. The highest BCUT2D eigenvalue weighted by Gasteiger charge is 2.28. The highest BCUT2D eigenvalue weighted by Crippen LogP contribution is 2.39. The third-order valence-electron chi connectivity index (χ3n) is 5.19. The summed E-state index contributed by atoms with van der Waals surface area (Å²) < 4.78 is 6.26. The topological polar surface area (TPSA) is 32.5 Å². The van der Waals surface area contributed by atoms with E-state index < -0.39 is 0 Å². The smallest absolute Gasteiger partial charge is 0.227 e. The van der Waals surface area contributed by atoms with Gasteiger partial charge in [-0.2, -0.15) is 0 Å². The van der Waals surface area contributed by atoms with Crippen molar-refractivity contribution in [3.05, 3.63) is 47.9 Å². The molecule has 0 amide bonds. The zero-order valence-corrected chi connectivity index (χ0v) is 15.6. The van der Waals surface area contributed by atoms with Crippen molar-refractivity contribution in [2.45, 2.75) is 53.2 Å². The Labute approximate surface area is 148 Å². The second-order valence-corrected chi connectivity index (χ2v) is 7.10. The van der Waals surface area contributed by atoms with E-state index in [1.165, 1.54) is 5.56 Å². The lowest BCUT2D eigenvalue weighted by Crippen LogP contribution is -2.39. The third kappa shape index (κ3) is 2.39. The average Bonchev–Trinajstić information content (AvgIpc) is 3.14. The molecule has 4 nitrogen and oxygen atoms in total. The van der Waals surface area contributed by atoms with Crippen molar-refractivity contribution >= 4 is 27.8 Å². The van der Waals surface area contributed by atoms with Crippen LogP contribution in [0.25, 0.3) is 22.1 Å². The number of nitrogens with zero attached hydrogens (tertiary/aromatic N) is 3. The molecule has 0 bridgehead atoms. The molecule has 1 aliphatic heterocycles. The molecule has 0 saturated heterocycles. The molecule has 0 fully saturated rings. The van der Waals surface area contributed by atoms with E-state index in [0.717, 1.165) is 39.9 Å². The summed E-state index contributed by atoms with van der Waals surface area (Å²) >= 11 is 0. The Hall–Kier alpha value is -2.49. The molecule has 0 spiro atoms. The van der Waals surface area contributed by atoms with E-state index in [-0.39, 0.29) is 6.17 Å². The van der Waals surface area contributed by atoms with Gasteiger partial charge in [0.25, 0.3) is 0 Å². The molecule has 4 heteroatoms. The number of furan rings is 1. The standard InChI is InChI=1S/C21H25N3O/c1-6-16-8-10-18-17-9-7-14(4)19(20(17)25-21(18)22-16)24-12-11-23(13(2)3)15(24)5/h7-13,15H,6H2,1-5H3/t15-/m0/s1. The Morgan fingerprint density at radius 2 is 1.88 bits per heavy atom. The summed E-state index contributed by atoms with van der Waals surface area (Å²) in [6.07, 6.45) is 5.50. The second kappa shape index (κ2) is 5.80. The Morgan fingerprint density at radius 1 is 1.12 bits per heavy atom. The van der Waals surface area contributed by atoms with E-state index in [1.807, 2.05) is 0 Å². The third-order valence-corrected chi connectivity index (χ3v) is 5.19. The number of hydrogen-bond donors (Lipinski definition) is 0. The summed E-state index contributed by atoms with van der Waals surface area (Å²) in [4.78, 5) is 9.34. The highest BCUT2D eigenvalue weighted by molar-refractivity contribution is 6.08. The van der Waals surface area contributed by atoms with Crippen molar-refractivity contribution in [2.24, 2.45) is 0 Å². The molecule has 0 radical (unpaired) electrons. The van der Waals surface area contributed by atoms with Gasteiger partial charge in [-0.05, 0) is 51.8 Å². The molecule has 3 aromatic rings. The monoisotopic (exact) mass is 335 g/mol. The van der Waals surface area contributed by atoms with E-state index >= 15 is 0 Å². The molecule has 3 heterocycles. The normalized spacial score (nSPS) is 17.6. The number of benzene rings is 1. The van der Waals surface area contributed by atoms with Gasteiger partial charge in [0.1, 0.15) is 6.17 Å². The van der Waals surface area contributed by atoms with Crippen molar-refractivity contribution in [1.82, 2.24) is 9.88 Å². The van der Waals surface area contributed by atoms with Crippen LogP contribution in [0.5, 0.6) is 0 Å². The maximum atomic E-state index is 6.26. The Morgan fingerprint density at radius 3 is 2.56 bits per heavy atom. The molecule has 1 atom stereocenters. The Kier molecular flexibility index (Phi) is 3.71. The summed E-state index contributed by atoms with van der Waals surface area (Å²) in [6, 6.07) is 9.02. The number of hydrogen-bond acceptors (Lipinski definition) is 4. The van der Waals surface area contributed by atoms with Gasteiger partial charge in [0.05, 0.1) is 5.69 Å². The lowest BCUT2D eigenvalue weighted by Gasteiger charge is -2.33. The number of pyridine rings is 1. The van der Waals surface area contributed by atoms with Crippen LogP contribution in [0.4, 0.5) is 5.69 Å². The van der Waals surface area contributed by atoms with Crippen LogP contribution >= 0.6 is 0 Å². The van der Waals surface area contributed by atoms with Crippen LogP contribution in [0, 0.1) is 6.92 Å². The van der Waals surface area contributed by atoms with E-state index in [1.54, 1.807) is 0 Å². The van der Waals surface area contributed by atoms with Crippen molar-refractivity contribution in [2.75, 3.05) is 4.90 Å². The molecule has 2 aromatic heterocycles. The quantitative estimate of drug-likeness (QED) is 0.658. The van der Waals surface area contributed by atoms with Gasteiger partial charge in [0, 0.05) is 34.9 Å². The molecule has 1 aliphatic rings. The first kappa shape index (κ1) is 16.0. The van der Waals surface area contributed by atoms with Crippen LogP contribution < -0.4 is 4.90 Å². The molecule has 0 saturated carbocycles. The average molecular weight is 335 g/mol. The fourth-order valence-electron chi connectivity index (χ4n) is 3.77. The molecule has 0 unspecified atom stereocenters. The number of anilines is 1. The van der Waals surface area contributed by atoms with Crippen LogP contribution in [-0.4, -0.2) is 22.1 Å². The molecular formula is C21H25N3O. The fraction of sp³-hybridized carbons (Fsp3) is 0.381. The largest absolute Gasteiger partial charge is 0.435 e. The van der Waals surface area contributed by atoms with Gasteiger partial charge >= 0.3 is 0 Å². The maximum absolute atomic E-state index is 6.26. The minimum atomic E-state index is 0.261. The van der Waals surface area contributed by atoms with E-state index in [9.17, 15) is 0 Å². The fourth-order valence-corrected chi connectivity index (χ4v) is 3.77. The molecule has 130 valence electrons. The predicted molar refractivity (Wildman–Crippen MR) is 104 cm³/mol. The zero-order chi connectivity index (χ0) is 17.7. The maximum Gasteiger partial charge on any atom is 0.227 e. The molecular weight excluding hydrogens is 310 g/mol. The molecule has 1 aromatic carbocycles. The highest BCUT2D eigenvalue weighted by atomic mass is 16.3. The summed E-state index contributed by atoms with van der Waals surface area (Å²) in [7, 11) is 0. The molecule has 4 rings (SSSR count). The number of aryl methyl sites for hydroxylation is 2. The molecule has 0 N–H and O–H groups in total. The lowest BCUT2D eigenvalue weighted by atomic mass is 10.1. The van der Waals surface area contributed by atoms with Crippen LogP contribution in [0.15, 0.2) is 41.1 Å². The number of aromatic nitrogens is 1. The first-order valence-electron chi connectivity index (χ1n) is 9.07.